The Morgan fingerprint density at radius 2 is 2.00 bits per heavy atom. The summed E-state index contributed by atoms with van der Waals surface area (Å²) < 4.78 is 0. The summed E-state index contributed by atoms with van der Waals surface area (Å²) in [5.74, 6) is -0.162. The van der Waals surface area contributed by atoms with Crippen LogP contribution in [-0.4, -0.2) is 10.9 Å². The van der Waals surface area contributed by atoms with E-state index < -0.39 is 0 Å². The number of anilines is 2. The Kier molecular flexibility index (Phi) is 3.28. The molecule has 4 heteroatoms. The average Bonchev–Trinajstić information content (AvgIpc) is 2.32. The van der Waals surface area contributed by atoms with Gasteiger partial charge in [0.15, 0.2) is 0 Å². The van der Waals surface area contributed by atoms with Gasteiger partial charge in [0.1, 0.15) is 0 Å². The van der Waals surface area contributed by atoms with Crippen LogP contribution in [0, 0.1) is 13.8 Å². The van der Waals surface area contributed by atoms with Crippen molar-refractivity contribution in [3.8, 4) is 0 Å². The number of nitrogens with zero attached hydrogens (tertiary/aromatic N) is 1. The lowest BCUT2D eigenvalue weighted by atomic mass is 10.1. The highest BCUT2D eigenvalue weighted by molar-refractivity contribution is 6.04. The maximum atomic E-state index is 12.0. The van der Waals surface area contributed by atoms with E-state index in [0.29, 0.717) is 16.9 Å². The Labute approximate surface area is 106 Å². The number of hydrogen-bond donors (Lipinski definition) is 2. The topological polar surface area (TPSA) is 68.0 Å². The van der Waals surface area contributed by atoms with Gasteiger partial charge in [-0.05, 0) is 49.2 Å². The van der Waals surface area contributed by atoms with Crippen LogP contribution in [0.15, 0.2) is 36.7 Å². The third kappa shape index (κ3) is 2.66. The summed E-state index contributed by atoms with van der Waals surface area (Å²) in [6, 6.07) is 7.09. The minimum absolute atomic E-state index is 0.162. The Morgan fingerprint density at radius 1 is 1.22 bits per heavy atom. The second-order valence-electron chi connectivity index (χ2n) is 4.28. The van der Waals surface area contributed by atoms with Crippen molar-refractivity contribution in [2.45, 2.75) is 13.8 Å². The van der Waals surface area contributed by atoms with Gasteiger partial charge >= 0.3 is 0 Å². The van der Waals surface area contributed by atoms with Crippen LogP contribution in [-0.2, 0) is 0 Å². The average molecular weight is 241 g/mol. The molecule has 0 radical (unpaired) electrons. The molecular formula is C14H15N3O. The normalized spacial score (nSPS) is 10.1. The van der Waals surface area contributed by atoms with Gasteiger partial charge in [0.2, 0.25) is 0 Å². The van der Waals surface area contributed by atoms with E-state index >= 15 is 0 Å². The smallest absolute Gasteiger partial charge is 0.255 e. The van der Waals surface area contributed by atoms with Crippen LogP contribution in [0.1, 0.15) is 21.5 Å². The standard InChI is InChI=1S/C14H15N3O/c1-9-5-12(8-16-7-9)17-14(18)11-3-4-13(15)10(2)6-11/h3-8H,15H2,1-2H3,(H,17,18). The lowest BCUT2D eigenvalue weighted by Gasteiger charge is -2.07. The van der Waals surface area contributed by atoms with Crippen molar-refractivity contribution in [3.63, 3.8) is 0 Å². The first-order valence-electron chi connectivity index (χ1n) is 5.65. The van der Waals surface area contributed by atoms with Crippen LogP contribution in [0.5, 0.6) is 0 Å². The van der Waals surface area contributed by atoms with Crippen molar-refractivity contribution in [2.24, 2.45) is 0 Å². The predicted octanol–water partition coefficient (Wildman–Crippen LogP) is 2.53. The fraction of sp³-hybridized carbons (Fsp3) is 0.143. The van der Waals surface area contributed by atoms with Crippen molar-refractivity contribution in [1.82, 2.24) is 4.98 Å². The van der Waals surface area contributed by atoms with Crippen molar-refractivity contribution >= 4 is 17.3 Å². The SMILES string of the molecule is Cc1cncc(NC(=O)c2ccc(N)c(C)c2)c1. The van der Waals surface area contributed by atoms with Crippen LogP contribution in [0.2, 0.25) is 0 Å². The summed E-state index contributed by atoms with van der Waals surface area (Å²) in [6.45, 7) is 3.80. The molecule has 4 nitrogen and oxygen atoms in total. The highest BCUT2D eigenvalue weighted by Gasteiger charge is 2.07. The molecule has 92 valence electrons. The highest BCUT2D eigenvalue weighted by atomic mass is 16.1. The van der Waals surface area contributed by atoms with Crippen LogP contribution in [0.25, 0.3) is 0 Å². The number of hydrogen-bond acceptors (Lipinski definition) is 3. The number of carbonyl (C=O) groups excluding carboxylic acids is 1. The summed E-state index contributed by atoms with van der Waals surface area (Å²) in [4.78, 5) is 16.0. The molecule has 3 N–H and O–H groups in total. The number of nitrogen functional groups attached to an aromatic ring is 1. The zero-order valence-corrected chi connectivity index (χ0v) is 10.4. The summed E-state index contributed by atoms with van der Waals surface area (Å²) in [5, 5.41) is 2.80. The van der Waals surface area contributed by atoms with Crippen molar-refractivity contribution < 1.29 is 4.79 Å². The number of nitrogens with one attached hydrogen (secondary N) is 1. The van der Waals surface area contributed by atoms with E-state index in [0.717, 1.165) is 11.1 Å². The van der Waals surface area contributed by atoms with E-state index in [9.17, 15) is 4.79 Å². The first kappa shape index (κ1) is 12.1. The molecule has 0 aliphatic rings. The molecule has 2 aromatic rings. The number of amides is 1. The van der Waals surface area contributed by atoms with Crippen molar-refractivity contribution in [2.75, 3.05) is 11.1 Å². The molecule has 0 aliphatic carbocycles. The van der Waals surface area contributed by atoms with Gasteiger partial charge in [-0.1, -0.05) is 0 Å². The van der Waals surface area contributed by atoms with E-state index in [4.69, 9.17) is 5.73 Å². The molecule has 0 aliphatic heterocycles. The van der Waals surface area contributed by atoms with E-state index in [2.05, 4.69) is 10.3 Å². The fourth-order valence-corrected chi connectivity index (χ4v) is 1.64. The van der Waals surface area contributed by atoms with Crippen LogP contribution in [0.4, 0.5) is 11.4 Å². The van der Waals surface area contributed by atoms with Gasteiger partial charge in [0.25, 0.3) is 5.91 Å². The van der Waals surface area contributed by atoms with Gasteiger partial charge in [-0.3, -0.25) is 9.78 Å². The second-order valence-corrected chi connectivity index (χ2v) is 4.28. The van der Waals surface area contributed by atoms with E-state index in [1.54, 1.807) is 30.6 Å². The number of benzene rings is 1. The Hall–Kier alpha value is -2.36. The minimum atomic E-state index is -0.162. The predicted molar refractivity (Wildman–Crippen MR) is 72.5 cm³/mol. The second kappa shape index (κ2) is 4.87. The van der Waals surface area contributed by atoms with Crippen LogP contribution < -0.4 is 11.1 Å². The van der Waals surface area contributed by atoms with E-state index in [1.807, 2.05) is 19.9 Å². The number of rotatable bonds is 2. The molecule has 0 saturated carbocycles. The molecule has 0 unspecified atom stereocenters. The molecule has 0 saturated heterocycles. The van der Waals surface area contributed by atoms with Gasteiger partial charge in [0, 0.05) is 17.4 Å². The summed E-state index contributed by atoms with van der Waals surface area (Å²) in [7, 11) is 0. The molecule has 2 rings (SSSR count). The number of pyridine rings is 1. The van der Waals surface area contributed by atoms with Gasteiger partial charge in [-0.15, -0.1) is 0 Å². The number of aromatic nitrogens is 1. The highest BCUT2D eigenvalue weighted by Crippen LogP contribution is 2.14. The monoisotopic (exact) mass is 241 g/mol. The molecule has 0 fully saturated rings. The summed E-state index contributed by atoms with van der Waals surface area (Å²) >= 11 is 0. The molecule has 0 spiro atoms. The van der Waals surface area contributed by atoms with E-state index in [-0.39, 0.29) is 5.91 Å². The Morgan fingerprint density at radius 3 is 2.67 bits per heavy atom. The van der Waals surface area contributed by atoms with E-state index in [1.165, 1.54) is 0 Å². The zero-order chi connectivity index (χ0) is 13.1. The summed E-state index contributed by atoms with van der Waals surface area (Å²) in [6.07, 6.45) is 3.36. The Balaban J connectivity index is 2.19. The third-order valence-corrected chi connectivity index (χ3v) is 2.66. The molecule has 18 heavy (non-hydrogen) atoms. The first-order valence-corrected chi connectivity index (χ1v) is 5.65. The van der Waals surface area contributed by atoms with Gasteiger partial charge in [-0.25, -0.2) is 0 Å². The molecule has 1 aromatic carbocycles. The number of aryl methyl sites for hydroxylation is 2. The lowest BCUT2D eigenvalue weighted by Crippen LogP contribution is -2.12. The number of nitrogens with two attached hydrogens (primary N) is 1. The molecule has 1 amide bonds. The largest absolute Gasteiger partial charge is 0.399 e. The molecule has 1 heterocycles. The van der Waals surface area contributed by atoms with Crippen LogP contribution in [0.3, 0.4) is 0 Å². The lowest BCUT2D eigenvalue weighted by molar-refractivity contribution is 0.102. The fourth-order valence-electron chi connectivity index (χ4n) is 1.64. The first-order chi connectivity index (χ1) is 8.56. The zero-order valence-electron chi connectivity index (χ0n) is 10.4. The Bertz CT molecular complexity index is 593. The minimum Gasteiger partial charge on any atom is -0.399 e. The quantitative estimate of drug-likeness (QED) is 0.794. The maximum absolute atomic E-state index is 12.0. The molecule has 0 atom stereocenters. The summed E-state index contributed by atoms with van der Waals surface area (Å²) in [5.41, 5.74) is 9.57. The molecular weight excluding hydrogens is 226 g/mol. The van der Waals surface area contributed by atoms with Gasteiger partial charge < -0.3 is 11.1 Å². The van der Waals surface area contributed by atoms with Gasteiger partial charge in [-0.2, -0.15) is 0 Å². The maximum Gasteiger partial charge on any atom is 0.255 e. The molecule has 0 bridgehead atoms. The number of carbonyl (C=O) groups is 1. The third-order valence-electron chi connectivity index (χ3n) is 2.66. The molecule has 1 aromatic heterocycles. The van der Waals surface area contributed by atoms with Crippen LogP contribution >= 0.6 is 0 Å². The van der Waals surface area contributed by atoms with Gasteiger partial charge in [0.05, 0.1) is 11.9 Å². The van der Waals surface area contributed by atoms with Crippen molar-refractivity contribution in [3.05, 3.63) is 53.3 Å². The van der Waals surface area contributed by atoms with Crippen molar-refractivity contribution in [1.29, 1.82) is 0 Å².